The fourth-order valence-electron chi connectivity index (χ4n) is 2.71. The number of carbonyl (C=O) groups is 1. The Kier molecular flexibility index (Phi) is 11.4. The van der Waals surface area contributed by atoms with Crippen LogP contribution in [0.1, 0.15) is 0 Å². The zero-order chi connectivity index (χ0) is 25.1. The largest absolute Gasteiger partial charge is 0.518 e. The van der Waals surface area contributed by atoms with E-state index >= 15 is 0 Å². The summed E-state index contributed by atoms with van der Waals surface area (Å²) in [4.78, 5) is 13.4. The van der Waals surface area contributed by atoms with Crippen LogP contribution in [-0.4, -0.2) is 72.5 Å². The lowest BCUT2D eigenvalue weighted by atomic mass is 10.1. The van der Waals surface area contributed by atoms with Crippen molar-refractivity contribution in [2.24, 2.45) is 0 Å². The molecule has 0 aliphatic carbocycles. The standard InChI is InChI=1S/C20H50O6Si5/c1-27(2,3)22-16-17(23-28(4,5)6)18(24-29(7,8)9)19(25-30(10,11)12)20(21)26-31(13,14)15/h17-19H,16H2,1-15H3/t17-,18-,19-/m0/s1. The summed E-state index contributed by atoms with van der Waals surface area (Å²) < 4.78 is 31.9. The molecule has 0 N–H and O–H groups in total. The minimum atomic E-state index is -2.11. The van der Waals surface area contributed by atoms with Gasteiger partial charge in [0.05, 0.1) is 12.7 Å². The molecule has 0 saturated heterocycles. The van der Waals surface area contributed by atoms with Crippen molar-refractivity contribution in [3.8, 4) is 0 Å². The van der Waals surface area contributed by atoms with E-state index in [1.54, 1.807) is 0 Å². The van der Waals surface area contributed by atoms with E-state index in [0.29, 0.717) is 6.61 Å². The van der Waals surface area contributed by atoms with Gasteiger partial charge >= 0.3 is 5.97 Å². The number of hydrogen-bond donors (Lipinski definition) is 0. The quantitative estimate of drug-likeness (QED) is 0.279. The molecule has 0 rings (SSSR count). The fraction of sp³-hybridized carbons (Fsp3) is 0.950. The van der Waals surface area contributed by atoms with E-state index in [0.717, 1.165) is 0 Å². The molecule has 0 heterocycles. The normalized spacial score (nSPS) is 17.3. The summed E-state index contributed by atoms with van der Waals surface area (Å²) in [5.74, 6) is -0.331. The van der Waals surface area contributed by atoms with E-state index in [2.05, 4.69) is 78.6 Å². The van der Waals surface area contributed by atoms with Gasteiger partial charge in [0.1, 0.15) is 6.10 Å². The van der Waals surface area contributed by atoms with Crippen LogP contribution in [0.3, 0.4) is 0 Å². The Morgan fingerprint density at radius 2 is 1.00 bits per heavy atom. The summed E-state index contributed by atoms with van der Waals surface area (Å²) in [6.45, 7) is 32.0. The molecule has 0 aromatic rings. The molecule has 31 heavy (non-hydrogen) atoms. The SMILES string of the molecule is C[Si](C)(C)OC[C@H](O[Si](C)(C)C)[C@H](O[Si](C)(C)C)[C@H](O[Si](C)(C)C)C(=O)O[Si](C)(C)C. The predicted octanol–water partition coefficient (Wildman–Crippen LogP) is 5.88. The molecule has 0 fully saturated rings. The molecule has 0 radical (unpaired) electrons. The van der Waals surface area contributed by atoms with Gasteiger partial charge in [-0.2, -0.15) is 0 Å². The van der Waals surface area contributed by atoms with Gasteiger partial charge < -0.3 is 22.1 Å². The van der Waals surface area contributed by atoms with Crippen LogP contribution in [-0.2, 0) is 26.9 Å². The van der Waals surface area contributed by atoms with Crippen LogP contribution in [0.4, 0.5) is 0 Å². The highest BCUT2D eigenvalue weighted by molar-refractivity contribution is 6.72. The van der Waals surface area contributed by atoms with Gasteiger partial charge in [0.2, 0.25) is 8.32 Å². The molecule has 6 nitrogen and oxygen atoms in total. The maximum absolute atomic E-state index is 13.4. The Balaban J connectivity index is 6.35. The molecule has 11 heteroatoms. The molecule has 0 aromatic carbocycles. The highest BCUT2D eigenvalue weighted by atomic mass is 28.4. The first kappa shape index (κ1) is 31.4. The molecule has 186 valence electrons. The van der Waals surface area contributed by atoms with Crippen LogP contribution in [0, 0.1) is 0 Å². The van der Waals surface area contributed by atoms with Gasteiger partial charge in [-0.05, 0) is 98.2 Å². The van der Waals surface area contributed by atoms with Crippen molar-refractivity contribution in [1.29, 1.82) is 0 Å². The molecule has 0 spiro atoms. The summed E-state index contributed by atoms with van der Waals surface area (Å²) in [5, 5.41) is 0. The van der Waals surface area contributed by atoms with E-state index in [-0.39, 0.29) is 12.1 Å². The minimum absolute atomic E-state index is 0.331. The minimum Gasteiger partial charge on any atom is -0.518 e. The molecule has 0 aromatic heterocycles. The van der Waals surface area contributed by atoms with Crippen molar-refractivity contribution in [2.45, 2.75) is 117 Å². The maximum Gasteiger partial charge on any atom is 0.323 e. The average molecular weight is 527 g/mol. The fourth-order valence-corrected chi connectivity index (χ4v) is 7.29. The van der Waals surface area contributed by atoms with Crippen molar-refractivity contribution >= 4 is 47.6 Å². The van der Waals surface area contributed by atoms with Crippen LogP contribution < -0.4 is 0 Å². The lowest BCUT2D eigenvalue weighted by Gasteiger charge is -2.41. The third-order valence-electron chi connectivity index (χ3n) is 3.46. The monoisotopic (exact) mass is 526 g/mol. The number of rotatable bonds is 13. The van der Waals surface area contributed by atoms with Gasteiger partial charge in [0, 0.05) is 0 Å². The topological polar surface area (TPSA) is 63.2 Å². The van der Waals surface area contributed by atoms with E-state index in [4.69, 9.17) is 22.1 Å². The van der Waals surface area contributed by atoms with Gasteiger partial charge in [-0.1, -0.05) is 0 Å². The van der Waals surface area contributed by atoms with Crippen LogP contribution in [0.5, 0.6) is 0 Å². The summed E-state index contributed by atoms with van der Waals surface area (Å²) >= 11 is 0. The second-order valence-corrected chi connectivity index (χ2v) is 35.4. The Hall–Kier alpha value is 0.394. The van der Waals surface area contributed by atoms with E-state index in [9.17, 15) is 4.79 Å². The molecular weight excluding hydrogens is 477 g/mol. The molecule has 3 atom stereocenters. The molecular formula is C20H50O6Si5. The van der Waals surface area contributed by atoms with Crippen molar-refractivity contribution < 1.29 is 26.9 Å². The maximum atomic E-state index is 13.4. The molecule has 0 aliphatic rings. The molecule has 0 unspecified atom stereocenters. The second kappa shape index (κ2) is 11.2. The van der Waals surface area contributed by atoms with Crippen molar-refractivity contribution in [3.05, 3.63) is 0 Å². The van der Waals surface area contributed by atoms with Gasteiger partial charge in [0.25, 0.3) is 0 Å². The van der Waals surface area contributed by atoms with Crippen LogP contribution in [0.15, 0.2) is 0 Å². The summed E-state index contributed by atoms with van der Waals surface area (Å²) in [5.41, 5.74) is 0. The molecule has 0 bridgehead atoms. The zero-order valence-corrected chi connectivity index (χ0v) is 27.9. The Morgan fingerprint density at radius 3 is 1.32 bits per heavy atom. The van der Waals surface area contributed by atoms with Crippen LogP contribution in [0.2, 0.25) is 98.2 Å². The second-order valence-electron chi connectivity index (χ2n) is 13.1. The van der Waals surface area contributed by atoms with Crippen LogP contribution >= 0.6 is 0 Å². The molecule has 0 aliphatic heterocycles. The Labute approximate surface area is 197 Å². The summed E-state index contributed by atoms with van der Waals surface area (Å²) in [6.07, 6.45) is -1.78. The molecule has 0 saturated carbocycles. The van der Waals surface area contributed by atoms with E-state index < -0.39 is 53.8 Å². The van der Waals surface area contributed by atoms with Crippen molar-refractivity contribution in [3.63, 3.8) is 0 Å². The summed E-state index contributed by atoms with van der Waals surface area (Å²) in [7, 11) is -10.00. The van der Waals surface area contributed by atoms with Crippen LogP contribution in [0.25, 0.3) is 0 Å². The highest BCUT2D eigenvalue weighted by Gasteiger charge is 2.45. The van der Waals surface area contributed by atoms with E-state index in [1.165, 1.54) is 0 Å². The Morgan fingerprint density at radius 1 is 0.581 bits per heavy atom. The number of carbonyl (C=O) groups excluding carboxylic acids is 1. The smallest absolute Gasteiger partial charge is 0.323 e. The first-order valence-electron chi connectivity index (χ1n) is 11.3. The first-order chi connectivity index (χ1) is 13.4. The molecule has 0 amide bonds. The highest BCUT2D eigenvalue weighted by Crippen LogP contribution is 2.26. The predicted molar refractivity (Wildman–Crippen MR) is 143 cm³/mol. The zero-order valence-electron chi connectivity index (χ0n) is 22.9. The lowest BCUT2D eigenvalue weighted by Crippen LogP contribution is -2.58. The first-order valence-corrected chi connectivity index (χ1v) is 28.3. The third-order valence-corrected chi connectivity index (χ3v) is 8.26. The van der Waals surface area contributed by atoms with Gasteiger partial charge in [0.15, 0.2) is 39.4 Å². The van der Waals surface area contributed by atoms with Crippen molar-refractivity contribution in [1.82, 2.24) is 0 Å². The summed E-state index contributed by atoms with van der Waals surface area (Å²) in [6, 6.07) is 0. The Bertz CT molecular complexity index is 567. The lowest BCUT2D eigenvalue weighted by molar-refractivity contribution is -0.153. The van der Waals surface area contributed by atoms with E-state index in [1.807, 2.05) is 19.6 Å². The van der Waals surface area contributed by atoms with Gasteiger partial charge in [-0.15, -0.1) is 0 Å². The van der Waals surface area contributed by atoms with Crippen molar-refractivity contribution in [2.75, 3.05) is 6.61 Å². The van der Waals surface area contributed by atoms with Gasteiger partial charge in [-0.3, -0.25) is 4.79 Å². The average Bonchev–Trinajstić information content (AvgIpc) is 2.41. The number of hydrogen-bond acceptors (Lipinski definition) is 6. The third kappa shape index (κ3) is 16.6. The van der Waals surface area contributed by atoms with Gasteiger partial charge in [-0.25, -0.2) is 0 Å².